The Hall–Kier alpha value is -0.0400. The molecule has 0 aromatic carbocycles. The van der Waals surface area contributed by atoms with E-state index in [4.69, 9.17) is 0 Å². The highest BCUT2D eigenvalue weighted by Crippen LogP contribution is 2.39. The molecule has 0 aromatic heterocycles. The number of aliphatic hydroxyl groups is 1. The van der Waals surface area contributed by atoms with E-state index in [1.165, 1.54) is 6.42 Å². The number of rotatable bonds is 2. The first-order valence-corrected chi connectivity index (χ1v) is 5.63. The van der Waals surface area contributed by atoms with Crippen LogP contribution >= 0.6 is 0 Å². The van der Waals surface area contributed by atoms with E-state index in [1.807, 2.05) is 0 Å². The molecule has 1 heteroatoms. The molecule has 0 heterocycles. The predicted molar refractivity (Wildman–Crippen MR) is 56.6 cm³/mol. The van der Waals surface area contributed by atoms with Crippen LogP contribution in [0.15, 0.2) is 0 Å². The van der Waals surface area contributed by atoms with Crippen LogP contribution < -0.4 is 0 Å². The minimum atomic E-state index is -0.356. The predicted octanol–water partition coefficient (Wildman–Crippen LogP) is 3.22. The number of hydrogen-bond acceptors (Lipinski definition) is 1. The first-order valence-electron chi connectivity index (χ1n) is 5.63. The standard InChI is InChI=1S/C12H24O/c1-9(2)6-12(13)7-10(3)5-11(4)8-12/h9-11,13H,5-8H2,1-4H3. The lowest BCUT2D eigenvalue weighted by Crippen LogP contribution is -2.38. The van der Waals surface area contributed by atoms with Crippen LogP contribution in [0.3, 0.4) is 0 Å². The molecule has 1 aliphatic rings. The second kappa shape index (κ2) is 4.00. The van der Waals surface area contributed by atoms with Gasteiger partial charge < -0.3 is 5.11 Å². The third-order valence-corrected chi connectivity index (χ3v) is 3.05. The molecule has 1 saturated carbocycles. The third-order valence-electron chi connectivity index (χ3n) is 3.05. The molecule has 0 amide bonds. The van der Waals surface area contributed by atoms with Gasteiger partial charge in [0.25, 0.3) is 0 Å². The third kappa shape index (κ3) is 3.30. The van der Waals surface area contributed by atoms with Crippen LogP contribution in [0.25, 0.3) is 0 Å². The van der Waals surface area contributed by atoms with Crippen molar-refractivity contribution in [3.05, 3.63) is 0 Å². The van der Waals surface area contributed by atoms with Gasteiger partial charge in [-0.05, 0) is 43.4 Å². The van der Waals surface area contributed by atoms with Crippen molar-refractivity contribution in [2.45, 2.75) is 59.0 Å². The summed E-state index contributed by atoms with van der Waals surface area (Å²) in [4.78, 5) is 0. The Bertz CT molecular complexity index is 147. The maximum absolute atomic E-state index is 10.4. The summed E-state index contributed by atoms with van der Waals surface area (Å²) in [5, 5.41) is 10.4. The largest absolute Gasteiger partial charge is 0.390 e. The van der Waals surface area contributed by atoms with Crippen LogP contribution in [0.1, 0.15) is 53.4 Å². The maximum Gasteiger partial charge on any atom is 0.0655 e. The van der Waals surface area contributed by atoms with E-state index in [2.05, 4.69) is 27.7 Å². The van der Waals surface area contributed by atoms with Gasteiger partial charge >= 0.3 is 0 Å². The van der Waals surface area contributed by atoms with Crippen molar-refractivity contribution < 1.29 is 5.11 Å². The summed E-state index contributed by atoms with van der Waals surface area (Å²) in [5.41, 5.74) is -0.356. The topological polar surface area (TPSA) is 20.2 Å². The summed E-state index contributed by atoms with van der Waals surface area (Å²) in [5.74, 6) is 2.02. The normalized spacial score (nSPS) is 41.1. The molecule has 78 valence electrons. The Kier molecular flexibility index (Phi) is 3.39. The van der Waals surface area contributed by atoms with E-state index in [0.29, 0.717) is 17.8 Å². The minimum Gasteiger partial charge on any atom is -0.390 e. The average molecular weight is 184 g/mol. The Morgan fingerprint density at radius 2 is 1.69 bits per heavy atom. The molecule has 2 atom stereocenters. The molecule has 0 aliphatic heterocycles. The molecule has 0 bridgehead atoms. The van der Waals surface area contributed by atoms with Gasteiger partial charge in [-0.1, -0.05) is 27.7 Å². The minimum absolute atomic E-state index is 0.356. The van der Waals surface area contributed by atoms with Gasteiger partial charge in [-0.3, -0.25) is 0 Å². The molecule has 13 heavy (non-hydrogen) atoms. The Labute approximate surface area is 82.5 Å². The van der Waals surface area contributed by atoms with Crippen LogP contribution in [-0.4, -0.2) is 10.7 Å². The second-order valence-electron chi connectivity index (χ2n) is 5.68. The van der Waals surface area contributed by atoms with Crippen LogP contribution in [-0.2, 0) is 0 Å². The SMILES string of the molecule is CC(C)CC1(O)CC(C)CC(C)C1. The fourth-order valence-corrected chi connectivity index (χ4v) is 3.16. The molecule has 1 rings (SSSR count). The lowest BCUT2D eigenvalue weighted by molar-refractivity contribution is -0.0460. The second-order valence-corrected chi connectivity index (χ2v) is 5.68. The first-order chi connectivity index (χ1) is 5.91. The Morgan fingerprint density at radius 1 is 1.23 bits per heavy atom. The van der Waals surface area contributed by atoms with E-state index < -0.39 is 0 Å². The van der Waals surface area contributed by atoms with Gasteiger partial charge in [-0.15, -0.1) is 0 Å². The van der Waals surface area contributed by atoms with Crippen LogP contribution in [0.4, 0.5) is 0 Å². The molecule has 0 aromatic rings. The molecule has 1 nitrogen and oxygen atoms in total. The van der Waals surface area contributed by atoms with Crippen molar-refractivity contribution in [2.24, 2.45) is 17.8 Å². The molecule has 1 N–H and O–H groups in total. The zero-order valence-electron chi connectivity index (χ0n) is 9.51. The van der Waals surface area contributed by atoms with Crippen LogP contribution in [0, 0.1) is 17.8 Å². The van der Waals surface area contributed by atoms with Crippen LogP contribution in [0.5, 0.6) is 0 Å². The van der Waals surface area contributed by atoms with E-state index >= 15 is 0 Å². The molecular weight excluding hydrogens is 160 g/mol. The molecule has 1 fully saturated rings. The molecule has 2 unspecified atom stereocenters. The van der Waals surface area contributed by atoms with Crippen molar-refractivity contribution in [1.29, 1.82) is 0 Å². The van der Waals surface area contributed by atoms with Gasteiger partial charge in [0.1, 0.15) is 0 Å². The van der Waals surface area contributed by atoms with E-state index in [0.717, 1.165) is 19.3 Å². The van der Waals surface area contributed by atoms with Crippen molar-refractivity contribution in [3.8, 4) is 0 Å². The number of hydrogen-bond donors (Lipinski definition) is 1. The van der Waals surface area contributed by atoms with Gasteiger partial charge in [-0.2, -0.15) is 0 Å². The molecule has 0 spiro atoms. The van der Waals surface area contributed by atoms with Crippen molar-refractivity contribution in [2.75, 3.05) is 0 Å². The zero-order valence-corrected chi connectivity index (χ0v) is 9.51. The smallest absolute Gasteiger partial charge is 0.0655 e. The molecule has 0 radical (unpaired) electrons. The van der Waals surface area contributed by atoms with Crippen molar-refractivity contribution >= 4 is 0 Å². The Morgan fingerprint density at radius 3 is 2.08 bits per heavy atom. The zero-order chi connectivity index (χ0) is 10.1. The molecule has 1 aliphatic carbocycles. The Balaban J connectivity index is 2.55. The highest BCUT2D eigenvalue weighted by atomic mass is 16.3. The molecular formula is C12H24O. The fraction of sp³-hybridized carbons (Fsp3) is 1.00. The van der Waals surface area contributed by atoms with Crippen molar-refractivity contribution in [1.82, 2.24) is 0 Å². The van der Waals surface area contributed by atoms with E-state index in [1.54, 1.807) is 0 Å². The van der Waals surface area contributed by atoms with Gasteiger partial charge in [0.2, 0.25) is 0 Å². The monoisotopic (exact) mass is 184 g/mol. The van der Waals surface area contributed by atoms with E-state index in [9.17, 15) is 5.11 Å². The summed E-state index contributed by atoms with van der Waals surface area (Å²) < 4.78 is 0. The van der Waals surface area contributed by atoms with E-state index in [-0.39, 0.29) is 5.60 Å². The van der Waals surface area contributed by atoms with Crippen molar-refractivity contribution in [3.63, 3.8) is 0 Å². The first kappa shape index (κ1) is 11.0. The summed E-state index contributed by atoms with van der Waals surface area (Å²) in [6.45, 7) is 8.92. The van der Waals surface area contributed by atoms with Gasteiger partial charge in [-0.25, -0.2) is 0 Å². The fourth-order valence-electron chi connectivity index (χ4n) is 3.16. The lowest BCUT2D eigenvalue weighted by atomic mass is 9.71. The highest BCUT2D eigenvalue weighted by molar-refractivity contribution is 4.88. The quantitative estimate of drug-likeness (QED) is 0.698. The average Bonchev–Trinajstić information content (AvgIpc) is 1.77. The van der Waals surface area contributed by atoms with Gasteiger partial charge in [0.05, 0.1) is 5.60 Å². The summed E-state index contributed by atoms with van der Waals surface area (Å²) >= 11 is 0. The summed E-state index contributed by atoms with van der Waals surface area (Å²) in [7, 11) is 0. The summed E-state index contributed by atoms with van der Waals surface area (Å²) in [6, 6.07) is 0. The van der Waals surface area contributed by atoms with Gasteiger partial charge in [0.15, 0.2) is 0 Å². The van der Waals surface area contributed by atoms with Crippen LogP contribution in [0.2, 0.25) is 0 Å². The van der Waals surface area contributed by atoms with Gasteiger partial charge in [0, 0.05) is 0 Å². The maximum atomic E-state index is 10.4. The lowest BCUT2D eigenvalue weighted by Gasteiger charge is -2.40. The highest BCUT2D eigenvalue weighted by Gasteiger charge is 2.36. The summed E-state index contributed by atoms with van der Waals surface area (Å²) in [6.07, 6.45) is 4.28. The molecule has 0 saturated heterocycles.